The fourth-order valence-corrected chi connectivity index (χ4v) is 3.80. The van der Waals surface area contributed by atoms with Gasteiger partial charge in [0.2, 0.25) is 23.6 Å². The Morgan fingerprint density at radius 3 is 0.756 bits per heavy atom. The summed E-state index contributed by atoms with van der Waals surface area (Å²) in [6, 6.07) is 0. The number of hydrogen-bond acceptors (Lipinski definition) is 12. The van der Waals surface area contributed by atoms with Gasteiger partial charge in [0.05, 0.1) is 52.4 Å². The van der Waals surface area contributed by atoms with Crippen molar-refractivity contribution in [2.24, 2.45) is 28.3 Å². The molecular formula is C25H44N8O8. The second-order valence-electron chi connectivity index (χ2n) is 9.58. The molecule has 0 heterocycles. The molecule has 16 nitrogen and oxygen atoms in total. The van der Waals surface area contributed by atoms with E-state index in [1.165, 1.54) is 0 Å². The summed E-state index contributed by atoms with van der Waals surface area (Å²) in [4.78, 5) is 95.8. The molecule has 0 aliphatic carbocycles. The average Bonchev–Trinajstić information content (AvgIpc) is 2.98. The lowest BCUT2D eigenvalue weighted by Gasteiger charge is -2.34. The highest BCUT2D eigenvalue weighted by Crippen LogP contribution is 2.40. The Hall–Kier alpha value is -3.60. The molecule has 4 amide bonds. The normalized spacial score (nSPS) is 10.8. The van der Waals surface area contributed by atoms with Gasteiger partial charge < -0.3 is 44.2 Å². The lowest BCUT2D eigenvalue weighted by Crippen LogP contribution is -2.37. The van der Waals surface area contributed by atoms with Gasteiger partial charge in [-0.3, -0.25) is 38.4 Å². The molecule has 0 fully saturated rings. The van der Waals surface area contributed by atoms with Crippen molar-refractivity contribution in [1.29, 1.82) is 0 Å². The average molecular weight is 585 g/mol. The van der Waals surface area contributed by atoms with Gasteiger partial charge in [0.1, 0.15) is 0 Å². The van der Waals surface area contributed by atoms with Crippen LogP contribution in [0.1, 0.15) is 51.4 Å². The zero-order valence-corrected chi connectivity index (χ0v) is 23.4. The molecule has 12 N–H and O–H groups in total. The minimum absolute atomic E-state index is 0.0286. The topological polar surface area (TPSA) is 289 Å². The highest BCUT2D eigenvalue weighted by atomic mass is 16.2. The van der Waals surface area contributed by atoms with Crippen LogP contribution >= 0.6 is 0 Å². The third-order valence-corrected chi connectivity index (χ3v) is 6.41. The Labute approximate surface area is 238 Å². The van der Waals surface area contributed by atoms with Crippen molar-refractivity contribution < 1.29 is 38.4 Å². The number of Topliss-reactive ketones (excluding diaryl/α,β-unsaturated/α-hetero) is 4. The van der Waals surface area contributed by atoms with Crippen molar-refractivity contribution in [1.82, 2.24) is 21.3 Å². The first-order valence-electron chi connectivity index (χ1n) is 13.3. The number of amides is 4. The van der Waals surface area contributed by atoms with Crippen LogP contribution < -0.4 is 44.2 Å². The van der Waals surface area contributed by atoms with E-state index in [4.69, 9.17) is 22.9 Å². The van der Waals surface area contributed by atoms with Crippen LogP contribution in [0.5, 0.6) is 0 Å². The predicted octanol–water partition coefficient (Wildman–Crippen LogP) is -4.33. The van der Waals surface area contributed by atoms with Crippen LogP contribution in [0.3, 0.4) is 0 Å². The number of rotatable bonds is 24. The first kappa shape index (κ1) is 37.4. The lowest BCUT2D eigenvalue weighted by molar-refractivity contribution is -0.126. The maximum Gasteiger partial charge on any atom is 0.234 e. The van der Waals surface area contributed by atoms with Crippen LogP contribution in [0, 0.1) is 5.41 Å². The minimum Gasteiger partial charge on any atom is -0.348 e. The smallest absolute Gasteiger partial charge is 0.234 e. The number of nitrogens with one attached hydrogen (secondary N) is 4. The van der Waals surface area contributed by atoms with E-state index in [1.54, 1.807) is 0 Å². The zero-order valence-electron chi connectivity index (χ0n) is 23.4. The van der Waals surface area contributed by atoms with Gasteiger partial charge in [-0.2, -0.15) is 0 Å². The summed E-state index contributed by atoms with van der Waals surface area (Å²) in [5, 5.41) is 9.56. The molecule has 0 saturated carbocycles. The van der Waals surface area contributed by atoms with Crippen LogP contribution in [0.25, 0.3) is 0 Å². The van der Waals surface area contributed by atoms with Crippen molar-refractivity contribution in [3.05, 3.63) is 0 Å². The van der Waals surface area contributed by atoms with Gasteiger partial charge in [0.15, 0.2) is 23.1 Å². The van der Waals surface area contributed by atoms with Crippen molar-refractivity contribution in [3.63, 3.8) is 0 Å². The number of hydrogen-bond donors (Lipinski definition) is 8. The molecule has 16 heteroatoms. The van der Waals surface area contributed by atoms with Gasteiger partial charge in [0.25, 0.3) is 0 Å². The van der Waals surface area contributed by atoms with Gasteiger partial charge in [0, 0.05) is 25.7 Å². The highest BCUT2D eigenvalue weighted by molar-refractivity contribution is 5.89. The summed E-state index contributed by atoms with van der Waals surface area (Å²) in [6.07, 6.45) is 0.598. The molecule has 232 valence electrons. The molecule has 0 rings (SSSR count). The van der Waals surface area contributed by atoms with Gasteiger partial charge >= 0.3 is 0 Å². The van der Waals surface area contributed by atoms with E-state index in [2.05, 4.69) is 21.3 Å². The second kappa shape index (κ2) is 21.2. The van der Waals surface area contributed by atoms with Crippen LogP contribution in [0.2, 0.25) is 0 Å². The van der Waals surface area contributed by atoms with Crippen molar-refractivity contribution in [3.8, 4) is 0 Å². The molecular weight excluding hydrogens is 540 g/mol. The van der Waals surface area contributed by atoms with E-state index < -0.39 is 29.0 Å². The largest absolute Gasteiger partial charge is 0.348 e. The van der Waals surface area contributed by atoms with Gasteiger partial charge in [-0.1, -0.05) is 0 Å². The van der Waals surface area contributed by atoms with E-state index in [0.29, 0.717) is 0 Å². The maximum absolute atomic E-state index is 12.5. The van der Waals surface area contributed by atoms with E-state index in [0.717, 1.165) is 0 Å². The summed E-state index contributed by atoms with van der Waals surface area (Å²) < 4.78 is 0. The molecule has 0 atom stereocenters. The standard InChI is InChI=1S/C25H44N8O8/c26-9-21(38)30-13-17(34)1-5-25(6-2-18(35)14-31-22(39)10-27,7-3-19(36)15-32-23(40)11-28)8-4-20(37)16-33-24(41)12-29/h1-16,26-29H2,(H,30,38)(H,31,39)(H,32,40)(H,33,41). The Morgan fingerprint density at radius 1 is 0.390 bits per heavy atom. The van der Waals surface area contributed by atoms with Gasteiger partial charge in [-0.05, 0) is 31.1 Å². The van der Waals surface area contributed by atoms with Crippen LogP contribution in [0.4, 0.5) is 0 Å². The molecule has 0 unspecified atom stereocenters. The molecule has 0 aromatic heterocycles. The fourth-order valence-electron chi connectivity index (χ4n) is 3.80. The van der Waals surface area contributed by atoms with Crippen LogP contribution in [-0.2, 0) is 38.4 Å². The van der Waals surface area contributed by atoms with E-state index >= 15 is 0 Å². The first-order valence-corrected chi connectivity index (χ1v) is 13.3. The molecule has 0 spiro atoms. The molecule has 0 aliphatic rings. The molecule has 0 radical (unpaired) electrons. The molecule has 0 aliphatic heterocycles. The van der Waals surface area contributed by atoms with Crippen LogP contribution in [-0.4, -0.2) is 99.1 Å². The second-order valence-corrected chi connectivity index (χ2v) is 9.58. The fraction of sp³-hybridized carbons (Fsp3) is 0.680. The summed E-state index contributed by atoms with van der Waals surface area (Å²) >= 11 is 0. The summed E-state index contributed by atoms with van der Waals surface area (Å²) in [6.45, 7) is -2.18. The summed E-state index contributed by atoms with van der Waals surface area (Å²) in [7, 11) is 0. The Kier molecular flexibility index (Phi) is 19.3. The quantitative estimate of drug-likeness (QED) is 0.0534. The van der Waals surface area contributed by atoms with Crippen molar-refractivity contribution >= 4 is 46.8 Å². The molecule has 0 aromatic rings. The molecule has 0 bridgehead atoms. The van der Waals surface area contributed by atoms with E-state index in [1.807, 2.05) is 0 Å². The van der Waals surface area contributed by atoms with Crippen molar-refractivity contribution in [2.75, 3.05) is 52.4 Å². The Morgan fingerprint density at radius 2 is 0.585 bits per heavy atom. The number of nitrogens with two attached hydrogens (primary N) is 4. The van der Waals surface area contributed by atoms with E-state index in [9.17, 15) is 38.4 Å². The van der Waals surface area contributed by atoms with Crippen molar-refractivity contribution in [2.45, 2.75) is 51.4 Å². The molecule has 0 saturated heterocycles. The Balaban J connectivity index is 5.75. The van der Waals surface area contributed by atoms with Gasteiger partial charge in [-0.15, -0.1) is 0 Å². The molecule has 0 aromatic carbocycles. The minimum atomic E-state index is -0.859. The highest BCUT2D eigenvalue weighted by Gasteiger charge is 2.32. The zero-order chi connectivity index (χ0) is 31.3. The number of carbonyl (C=O) groups is 8. The third-order valence-electron chi connectivity index (χ3n) is 6.41. The van der Waals surface area contributed by atoms with Gasteiger partial charge in [-0.25, -0.2) is 0 Å². The lowest BCUT2D eigenvalue weighted by atomic mass is 9.70. The predicted molar refractivity (Wildman–Crippen MR) is 148 cm³/mol. The van der Waals surface area contributed by atoms with E-state index in [-0.39, 0.29) is 127 Å². The molecule has 41 heavy (non-hydrogen) atoms. The third kappa shape index (κ3) is 18.4. The number of carbonyl (C=O) groups excluding carboxylic acids is 8. The Bertz CT molecular complexity index is 791. The number of ketones is 4. The summed E-state index contributed by atoms with van der Waals surface area (Å²) in [5.41, 5.74) is 20.1. The first-order chi connectivity index (χ1) is 19.4. The van der Waals surface area contributed by atoms with Crippen LogP contribution in [0.15, 0.2) is 0 Å². The SMILES string of the molecule is NCC(=O)NCC(=O)CCC(CCC(=O)CNC(=O)CN)(CCC(=O)CNC(=O)CN)CCC(=O)CNC(=O)CN. The maximum atomic E-state index is 12.5. The monoisotopic (exact) mass is 584 g/mol. The summed E-state index contributed by atoms with van der Waals surface area (Å²) in [5.74, 6) is -3.31.